The van der Waals surface area contributed by atoms with Crippen molar-refractivity contribution in [2.75, 3.05) is 6.54 Å². The van der Waals surface area contributed by atoms with Crippen LogP contribution in [0.2, 0.25) is 0 Å². The summed E-state index contributed by atoms with van der Waals surface area (Å²) in [4.78, 5) is 0. The maximum Gasteiger partial charge on any atom is 0.120 e. The van der Waals surface area contributed by atoms with E-state index in [4.69, 9.17) is 0 Å². The lowest BCUT2D eigenvalue weighted by Crippen LogP contribution is -2.24. The monoisotopic (exact) mass is 241 g/mol. The Kier molecular flexibility index (Phi) is 5.91. The van der Waals surface area contributed by atoms with E-state index in [0.717, 1.165) is 30.8 Å². The molecule has 16 heavy (non-hydrogen) atoms. The van der Waals surface area contributed by atoms with Crippen molar-refractivity contribution in [2.24, 2.45) is 0 Å². The summed E-state index contributed by atoms with van der Waals surface area (Å²) in [6.45, 7) is 9.76. The zero-order chi connectivity index (χ0) is 12.0. The highest BCUT2D eigenvalue weighted by Crippen LogP contribution is 2.25. The van der Waals surface area contributed by atoms with E-state index in [1.165, 1.54) is 5.01 Å². The number of hydrogen-bond acceptors (Lipinski definition) is 4. The third-order valence-electron chi connectivity index (χ3n) is 2.71. The van der Waals surface area contributed by atoms with Gasteiger partial charge in [-0.2, -0.15) is 0 Å². The van der Waals surface area contributed by atoms with Crippen LogP contribution in [0, 0.1) is 0 Å². The summed E-state index contributed by atoms with van der Waals surface area (Å²) >= 11 is 1.78. The largest absolute Gasteiger partial charge is 0.314 e. The molecule has 0 aliphatic heterocycles. The number of nitrogens with zero attached hydrogens (tertiary/aromatic N) is 2. The van der Waals surface area contributed by atoms with E-state index in [-0.39, 0.29) is 0 Å². The van der Waals surface area contributed by atoms with Crippen LogP contribution >= 0.6 is 11.3 Å². The third kappa shape index (κ3) is 4.18. The Morgan fingerprint density at radius 3 is 2.44 bits per heavy atom. The molecule has 92 valence electrons. The van der Waals surface area contributed by atoms with Crippen LogP contribution in [0.15, 0.2) is 0 Å². The fourth-order valence-corrected chi connectivity index (χ4v) is 2.75. The van der Waals surface area contributed by atoms with Crippen LogP contribution in [0.1, 0.15) is 56.5 Å². The number of hydrogen-bond donors (Lipinski definition) is 1. The molecular weight excluding hydrogens is 218 g/mol. The zero-order valence-corrected chi connectivity index (χ0v) is 11.6. The SMILES string of the molecule is CCC(CC)c1nnc(CCNC(C)C)s1. The van der Waals surface area contributed by atoms with Crippen molar-refractivity contribution in [1.29, 1.82) is 0 Å². The molecule has 1 rings (SSSR count). The Bertz CT molecular complexity index is 292. The van der Waals surface area contributed by atoms with Gasteiger partial charge in [0.15, 0.2) is 0 Å². The predicted molar refractivity (Wildman–Crippen MR) is 70.1 cm³/mol. The van der Waals surface area contributed by atoms with Gasteiger partial charge in [0.25, 0.3) is 0 Å². The van der Waals surface area contributed by atoms with E-state index in [0.29, 0.717) is 12.0 Å². The molecule has 1 heterocycles. The lowest BCUT2D eigenvalue weighted by Gasteiger charge is -2.06. The molecule has 4 heteroatoms. The molecule has 0 radical (unpaired) electrons. The van der Waals surface area contributed by atoms with E-state index in [9.17, 15) is 0 Å². The van der Waals surface area contributed by atoms with Crippen LogP contribution < -0.4 is 5.32 Å². The summed E-state index contributed by atoms with van der Waals surface area (Å²) in [5, 5.41) is 14.3. The quantitative estimate of drug-likeness (QED) is 0.797. The van der Waals surface area contributed by atoms with Gasteiger partial charge in [-0.15, -0.1) is 21.5 Å². The van der Waals surface area contributed by atoms with Crippen molar-refractivity contribution < 1.29 is 0 Å². The lowest BCUT2D eigenvalue weighted by atomic mass is 10.1. The lowest BCUT2D eigenvalue weighted by molar-refractivity contribution is 0.588. The van der Waals surface area contributed by atoms with Crippen LogP contribution in [-0.4, -0.2) is 22.8 Å². The molecule has 0 aliphatic rings. The first-order valence-electron chi connectivity index (χ1n) is 6.23. The van der Waals surface area contributed by atoms with Crippen molar-refractivity contribution in [2.45, 2.75) is 58.9 Å². The predicted octanol–water partition coefficient (Wildman–Crippen LogP) is 2.98. The average molecular weight is 241 g/mol. The first kappa shape index (κ1) is 13.6. The van der Waals surface area contributed by atoms with Gasteiger partial charge in [-0.1, -0.05) is 27.7 Å². The van der Waals surface area contributed by atoms with E-state index in [1.807, 2.05) is 0 Å². The van der Waals surface area contributed by atoms with E-state index < -0.39 is 0 Å². The van der Waals surface area contributed by atoms with Crippen molar-refractivity contribution in [1.82, 2.24) is 15.5 Å². The molecule has 0 saturated carbocycles. The number of nitrogens with one attached hydrogen (secondary N) is 1. The summed E-state index contributed by atoms with van der Waals surface area (Å²) in [6.07, 6.45) is 3.32. The fraction of sp³-hybridized carbons (Fsp3) is 0.833. The van der Waals surface area contributed by atoms with Gasteiger partial charge in [-0.25, -0.2) is 0 Å². The van der Waals surface area contributed by atoms with Gasteiger partial charge in [0, 0.05) is 24.9 Å². The van der Waals surface area contributed by atoms with Gasteiger partial charge < -0.3 is 5.32 Å². The summed E-state index contributed by atoms with van der Waals surface area (Å²) in [6, 6.07) is 0.548. The highest BCUT2D eigenvalue weighted by atomic mass is 32.1. The normalized spacial score (nSPS) is 11.6. The molecule has 1 N–H and O–H groups in total. The third-order valence-corrected chi connectivity index (χ3v) is 3.85. The minimum atomic E-state index is 0.548. The molecule has 1 aromatic rings. The molecule has 0 saturated heterocycles. The Balaban J connectivity index is 2.44. The van der Waals surface area contributed by atoms with Gasteiger partial charge in [-0.05, 0) is 12.8 Å². The minimum absolute atomic E-state index is 0.548. The molecule has 0 amide bonds. The van der Waals surface area contributed by atoms with Crippen molar-refractivity contribution >= 4 is 11.3 Å². The standard InChI is InChI=1S/C12H23N3S/c1-5-10(6-2)12-15-14-11(16-12)7-8-13-9(3)4/h9-10,13H,5-8H2,1-4H3. The first-order valence-corrected chi connectivity index (χ1v) is 7.04. The summed E-state index contributed by atoms with van der Waals surface area (Å²) in [7, 11) is 0. The van der Waals surface area contributed by atoms with Crippen LogP contribution in [0.4, 0.5) is 0 Å². The molecular formula is C12H23N3S. The Morgan fingerprint density at radius 2 is 1.88 bits per heavy atom. The molecule has 0 unspecified atom stereocenters. The number of rotatable bonds is 7. The van der Waals surface area contributed by atoms with E-state index in [2.05, 4.69) is 43.2 Å². The van der Waals surface area contributed by atoms with Crippen LogP contribution in [0.25, 0.3) is 0 Å². The molecule has 1 aromatic heterocycles. The topological polar surface area (TPSA) is 37.8 Å². The molecule has 0 spiro atoms. The van der Waals surface area contributed by atoms with Crippen LogP contribution in [0.3, 0.4) is 0 Å². The van der Waals surface area contributed by atoms with Gasteiger partial charge in [0.05, 0.1) is 0 Å². The average Bonchev–Trinajstić information content (AvgIpc) is 2.68. The van der Waals surface area contributed by atoms with Crippen molar-refractivity contribution in [3.8, 4) is 0 Å². The van der Waals surface area contributed by atoms with Crippen LogP contribution in [-0.2, 0) is 6.42 Å². The van der Waals surface area contributed by atoms with Crippen molar-refractivity contribution in [3.63, 3.8) is 0 Å². The smallest absolute Gasteiger partial charge is 0.120 e. The maximum absolute atomic E-state index is 4.30. The highest BCUT2D eigenvalue weighted by Gasteiger charge is 2.12. The number of aromatic nitrogens is 2. The molecule has 0 aromatic carbocycles. The van der Waals surface area contributed by atoms with Gasteiger partial charge in [0.1, 0.15) is 10.0 Å². The summed E-state index contributed by atoms with van der Waals surface area (Å²) in [5.41, 5.74) is 0. The van der Waals surface area contributed by atoms with Gasteiger partial charge in [0.2, 0.25) is 0 Å². The second-order valence-corrected chi connectivity index (χ2v) is 5.50. The Labute approximate surface area is 103 Å². The van der Waals surface area contributed by atoms with Gasteiger partial charge in [-0.3, -0.25) is 0 Å². The van der Waals surface area contributed by atoms with E-state index in [1.54, 1.807) is 11.3 Å². The Hall–Kier alpha value is -0.480. The maximum atomic E-state index is 4.30. The zero-order valence-electron chi connectivity index (χ0n) is 10.8. The van der Waals surface area contributed by atoms with E-state index >= 15 is 0 Å². The minimum Gasteiger partial charge on any atom is -0.314 e. The second-order valence-electron chi connectivity index (χ2n) is 4.41. The van der Waals surface area contributed by atoms with Crippen molar-refractivity contribution in [3.05, 3.63) is 10.0 Å². The highest BCUT2D eigenvalue weighted by molar-refractivity contribution is 7.11. The molecule has 0 bridgehead atoms. The molecule has 0 fully saturated rings. The summed E-state index contributed by atoms with van der Waals surface area (Å²) in [5.74, 6) is 0.601. The Morgan fingerprint density at radius 1 is 1.19 bits per heavy atom. The molecule has 3 nitrogen and oxygen atoms in total. The fourth-order valence-electron chi connectivity index (χ4n) is 1.64. The van der Waals surface area contributed by atoms with Gasteiger partial charge >= 0.3 is 0 Å². The van der Waals surface area contributed by atoms with Crippen LogP contribution in [0.5, 0.6) is 0 Å². The first-order chi connectivity index (χ1) is 7.67. The second kappa shape index (κ2) is 6.97. The summed E-state index contributed by atoms with van der Waals surface area (Å²) < 4.78 is 0. The molecule has 0 aliphatic carbocycles. The molecule has 0 atom stereocenters.